The van der Waals surface area contributed by atoms with Crippen molar-refractivity contribution in [2.24, 2.45) is 23.7 Å². The number of benzene rings is 1. The Hall–Kier alpha value is -3.58. The van der Waals surface area contributed by atoms with Crippen LogP contribution < -0.4 is 0 Å². The van der Waals surface area contributed by atoms with E-state index in [2.05, 4.69) is 20.4 Å². The largest absolute Gasteiger partial charge is 0.459 e. The highest BCUT2D eigenvalue weighted by molar-refractivity contribution is 5.73. The molecule has 3 aliphatic heterocycles. The highest BCUT2D eigenvalue weighted by atomic mass is 19.1. The molecule has 6 rings (SSSR count). The summed E-state index contributed by atoms with van der Waals surface area (Å²) in [5.74, 6) is -3.24. The van der Waals surface area contributed by atoms with Crippen molar-refractivity contribution in [1.82, 2.24) is 39.6 Å². The minimum absolute atomic E-state index is 0.0815. The van der Waals surface area contributed by atoms with Crippen LogP contribution in [0.25, 0.3) is 5.69 Å². The van der Waals surface area contributed by atoms with E-state index in [1.807, 2.05) is 68.9 Å². The van der Waals surface area contributed by atoms with Gasteiger partial charge in [0.15, 0.2) is 6.29 Å². The van der Waals surface area contributed by atoms with Crippen LogP contribution >= 0.6 is 0 Å². The van der Waals surface area contributed by atoms with Gasteiger partial charge in [-0.15, -0.1) is 5.10 Å². The van der Waals surface area contributed by atoms with Crippen LogP contribution in [0.3, 0.4) is 0 Å². The minimum Gasteiger partial charge on any atom is -0.459 e. The summed E-state index contributed by atoms with van der Waals surface area (Å²) in [5, 5.41) is 72.9. The van der Waals surface area contributed by atoms with Gasteiger partial charge in [-0.1, -0.05) is 45.0 Å². The zero-order chi connectivity index (χ0) is 54.4. The first-order valence-corrected chi connectivity index (χ1v) is 26.4. The summed E-state index contributed by atoms with van der Waals surface area (Å²) < 4.78 is 55.6. The quantitative estimate of drug-likeness (QED) is 0.129. The van der Waals surface area contributed by atoms with Gasteiger partial charge in [-0.2, -0.15) is 5.10 Å². The number of halogens is 1. The molecule has 0 bridgehead atoms. The molecule has 0 saturated carbocycles. The average molecular weight is 1050 g/mol. The number of rotatable bonds is 16. The number of nitrogens with zero attached hydrogens (tertiary/aromatic N) is 8. The van der Waals surface area contributed by atoms with E-state index in [0.29, 0.717) is 31.6 Å². The minimum atomic E-state index is -1.83. The SMILES string of the molecule is CC[C@H]1OC(=O)[C@H](C)[C@@H](C2C[C@@](C)(OC)[C@@H](O)[C@H](C)O2)[C@H](C)[C@@H](O[C@@H]2O[C@H](C)C[C@H](N(C)CCc3cn([C@H](CF)COCc4ccc(-n5cncn5)cc4)nn3)[C@H]2O)[C@](C)(O)C[C@@H](C)CN(C)[C@H](C)[C@@H](O)[C@]1(C)O. The summed E-state index contributed by atoms with van der Waals surface area (Å²) in [7, 11) is 5.26. The Kier molecular flexibility index (Phi) is 20.4. The first kappa shape index (κ1) is 59.7. The Morgan fingerprint density at radius 1 is 1.00 bits per heavy atom. The lowest BCUT2D eigenvalue weighted by atomic mass is 9.68. The van der Waals surface area contributed by atoms with Gasteiger partial charge in [-0.05, 0) is 104 Å². The molecule has 20 nitrogen and oxygen atoms in total. The number of aliphatic hydroxyl groups excluding tert-OH is 3. The van der Waals surface area contributed by atoms with Crippen molar-refractivity contribution in [1.29, 1.82) is 0 Å². The molecule has 1 unspecified atom stereocenters. The summed E-state index contributed by atoms with van der Waals surface area (Å²) in [5.41, 5.74) is -2.10. The fourth-order valence-electron chi connectivity index (χ4n) is 11.9. The van der Waals surface area contributed by atoms with Gasteiger partial charge >= 0.3 is 5.97 Å². The van der Waals surface area contributed by atoms with Crippen LogP contribution in [0.2, 0.25) is 0 Å². The molecule has 19 atom stereocenters. The first-order chi connectivity index (χ1) is 34.8. The van der Waals surface area contributed by atoms with Gasteiger partial charge in [0.05, 0.1) is 66.1 Å². The molecule has 5 N–H and O–H groups in total. The van der Waals surface area contributed by atoms with Gasteiger partial charge in [-0.3, -0.25) is 4.79 Å². The highest BCUT2D eigenvalue weighted by Gasteiger charge is 2.55. The predicted molar refractivity (Wildman–Crippen MR) is 271 cm³/mol. The van der Waals surface area contributed by atoms with E-state index in [1.165, 1.54) is 25.0 Å². The van der Waals surface area contributed by atoms with E-state index < -0.39 is 114 Å². The Balaban J connectivity index is 1.21. The van der Waals surface area contributed by atoms with Crippen LogP contribution in [-0.4, -0.2) is 203 Å². The second-order valence-electron chi connectivity index (χ2n) is 22.5. The van der Waals surface area contributed by atoms with Crippen LogP contribution in [0.5, 0.6) is 0 Å². The third-order valence-corrected chi connectivity index (χ3v) is 16.5. The molecule has 5 heterocycles. The Morgan fingerprint density at radius 2 is 1.70 bits per heavy atom. The topological polar surface area (TPSA) is 241 Å². The smallest absolute Gasteiger partial charge is 0.309 e. The van der Waals surface area contributed by atoms with Gasteiger partial charge in [0, 0.05) is 57.2 Å². The monoisotopic (exact) mass is 1050 g/mol. The van der Waals surface area contributed by atoms with Crippen LogP contribution in [0.4, 0.5) is 4.39 Å². The zero-order valence-electron chi connectivity index (χ0n) is 45.9. The van der Waals surface area contributed by atoms with Crippen molar-refractivity contribution in [3.8, 4) is 5.69 Å². The molecule has 74 heavy (non-hydrogen) atoms. The van der Waals surface area contributed by atoms with Crippen molar-refractivity contribution in [3.05, 3.63) is 54.4 Å². The summed E-state index contributed by atoms with van der Waals surface area (Å²) in [6.45, 7) is 18.3. The lowest BCUT2D eigenvalue weighted by Gasteiger charge is -2.51. The van der Waals surface area contributed by atoms with Gasteiger partial charge in [-0.25, -0.2) is 18.7 Å². The number of ether oxygens (including phenoxy) is 6. The molecule has 3 aromatic rings. The van der Waals surface area contributed by atoms with Crippen molar-refractivity contribution < 1.29 is 63.1 Å². The lowest BCUT2D eigenvalue weighted by molar-refractivity contribution is -0.302. The van der Waals surface area contributed by atoms with Crippen molar-refractivity contribution >= 4 is 5.97 Å². The van der Waals surface area contributed by atoms with Gasteiger partial charge in [0.25, 0.3) is 0 Å². The fraction of sp³-hybridized carbons (Fsp3) is 0.792. The van der Waals surface area contributed by atoms with Gasteiger partial charge in [0.2, 0.25) is 0 Å². The van der Waals surface area contributed by atoms with E-state index in [9.17, 15) is 34.7 Å². The number of alkyl halides is 1. The molecule has 1 aromatic carbocycles. The lowest BCUT2D eigenvalue weighted by Crippen LogP contribution is -2.62. The zero-order valence-corrected chi connectivity index (χ0v) is 45.9. The number of carbonyl (C=O) groups is 1. The molecule has 21 heteroatoms. The second-order valence-corrected chi connectivity index (χ2v) is 22.5. The normalized spacial score (nSPS) is 38.8. The number of aromatic nitrogens is 6. The molecular weight excluding hydrogens is 960 g/mol. The van der Waals surface area contributed by atoms with Crippen molar-refractivity contribution in [3.63, 3.8) is 0 Å². The van der Waals surface area contributed by atoms with Crippen molar-refractivity contribution in [2.75, 3.05) is 47.6 Å². The van der Waals surface area contributed by atoms with E-state index in [4.69, 9.17) is 28.4 Å². The molecule has 0 spiro atoms. The maximum absolute atomic E-state index is 14.6. The molecule has 3 fully saturated rings. The number of methoxy groups -OCH3 is 1. The fourth-order valence-corrected chi connectivity index (χ4v) is 11.9. The summed E-state index contributed by atoms with van der Waals surface area (Å²) in [6, 6.07) is 5.93. The van der Waals surface area contributed by atoms with E-state index in [1.54, 1.807) is 58.7 Å². The summed E-state index contributed by atoms with van der Waals surface area (Å²) in [6.07, 6.45) is -2.45. The first-order valence-electron chi connectivity index (χ1n) is 26.4. The molecule has 0 radical (unpaired) electrons. The molecule has 0 aliphatic carbocycles. The van der Waals surface area contributed by atoms with Crippen LogP contribution in [0.15, 0.2) is 43.1 Å². The third kappa shape index (κ3) is 13.7. The number of carbonyl (C=O) groups excluding carboxylic acids is 1. The van der Waals surface area contributed by atoms with E-state index in [-0.39, 0.29) is 44.5 Å². The molecular formula is C53H87FN8O12. The average Bonchev–Trinajstić information content (AvgIpc) is 4.08. The molecule has 2 aromatic heterocycles. The number of hydrogen-bond acceptors (Lipinski definition) is 18. The van der Waals surface area contributed by atoms with Crippen LogP contribution in [-0.2, 0) is 46.2 Å². The van der Waals surface area contributed by atoms with E-state index >= 15 is 0 Å². The highest BCUT2D eigenvalue weighted by Crippen LogP contribution is 2.45. The standard InChI is InChI=1S/C53H87FN8O12/c1-14-43-53(10,68)46(64)35(6)60(12)25-31(2)22-51(8,67)48(33(4)44(34(5)49(66)73-43)42-23-52(9,69-13)47(65)36(7)72-42)74-50-45(63)41(21-32(3)71-50)59(11)20-19-38-26-61(58-57-38)40(24-54)28-70-27-37-15-17-39(18-16-37)62-30-55-29-56-62/h15-18,26,29-36,40-48,50,63-65,67-68H,14,19-25,27-28H2,1-13H3/t31-,32-,33+,34-,35-,36+,40-,41+,42?,43-,44+,45-,46-,47+,48-,50+,51-,52-,53-/m1/s1. The Morgan fingerprint density at radius 3 is 2.34 bits per heavy atom. The second kappa shape index (κ2) is 25.3. The Labute approximate surface area is 436 Å². The molecule has 3 aliphatic rings. The molecule has 3 saturated heterocycles. The van der Waals surface area contributed by atoms with Crippen LogP contribution in [0, 0.1) is 23.7 Å². The van der Waals surface area contributed by atoms with Gasteiger partial charge < -0.3 is 63.8 Å². The maximum Gasteiger partial charge on any atom is 0.309 e. The molecule has 418 valence electrons. The predicted octanol–water partition coefficient (Wildman–Crippen LogP) is 3.69. The number of aliphatic hydroxyl groups is 5. The number of esters is 1. The molecule has 0 amide bonds. The third-order valence-electron chi connectivity index (χ3n) is 16.5. The number of cyclic esters (lactones) is 1. The van der Waals surface area contributed by atoms with Crippen LogP contribution in [0.1, 0.15) is 112 Å². The summed E-state index contributed by atoms with van der Waals surface area (Å²) in [4.78, 5) is 22.5. The maximum atomic E-state index is 14.6. The summed E-state index contributed by atoms with van der Waals surface area (Å²) >= 11 is 0. The number of likely N-dealkylation sites (N-methyl/N-ethyl adjacent to an activating group) is 2. The number of hydrogen-bond donors (Lipinski definition) is 5. The van der Waals surface area contributed by atoms with Crippen molar-refractivity contribution in [2.45, 2.75) is 198 Å². The van der Waals surface area contributed by atoms with Gasteiger partial charge in [0.1, 0.15) is 55.4 Å². The van der Waals surface area contributed by atoms with E-state index in [0.717, 1.165) is 11.3 Å². The Bertz CT molecular complexity index is 2190.